The lowest BCUT2D eigenvalue weighted by Gasteiger charge is -2.18. The van der Waals surface area contributed by atoms with Gasteiger partial charge in [0.25, 0.3) is 11.8 Å². The highest BCUT2D eigenvalue weighted by Gasteiger charge is 2.31. The van der Waals surface area contributed by atoms with Crippen molar-refractivity contribution in [3.8, 4) is 0 Å². The molecule has 0 saturated heterocycles. The second kappa shape index (κ2) is 12.8. The molecule has 0 bridgehead atoms. The van der Waals surface area contributed by atoms with Crippen LogP contribution in [-0.4, -0.2) is 37.0 Å². The van der Waals surface area contributed by atoms with Crippen molar-refractivity contribution in [3.63, 3.8) is 0 Å². The quantitative estimate of drug-likeness (QED) is 0.269. The largest absolute Gasteiger partial charge is 0.462 e. The third-order valence-electron chi connectivity index (χ3n) is 7.82. The van der Waals surface area contributed by atoms with E-state index in [9.17, 15) is 19.2 Å². The van der Waals surface area contributed by atoms with Crippen molar-refractivity contribution in [1.82, 2.24) is 0 Å². The smallest absolute Gasteiger partial charge is 0.341 e. The van der Waals surface area contributed by atoms with Gasteiger partial charge in [-0.15, -0.1) is 22.7 Å². The average molecular weight is 609 g/mol. The molecular formula is C32H36N2O6S2. The summed E-state index contributed by atoms with van der Waals surface area (Å²) in [6.07, 6.45) is 5.21. The summed E-state index contributed by atoms with van der Waals surface area (Å²) in [6.45, 7) is 8.37. The molecule has 222 valence electrons. The topological polar surface area (TPSA) is 111 Å². The molecule has 1 aromatic carbocycles. The van der Waals surface area contributed by atoms with Gasteiger partial charge in [-0.05, 0) is 93.5 Å². The van der Waals surface area contributed by atoms with Crippen LogP contribution in [0.4, 0.5) is 10.0 Å². The molecule has 2 aliphatic rings. The molecule has 2 aliphatic carbocycles. The third-order valence-corrected chi connectivity index (χ3v) is 10.2. The Morgan fingerprint density at radius 2 is 1.19 bits per heavy atom. The molecule has 5 rings (SSSR count). The maximum atomic E-state index is 13.4. The van der Waals surface area contributed by atoms with Crippen LogP contribution in [0, 0.1) is 11.8 Å². The van der Waals surface area contributed by atoms with Crippen LogP contribution in [0.3, 0.4) is 0 Å². The maximum absolute atomic E-state index is 13.4. The van der Waals surface area contributed by atoms with E-state index in [1.807, 2.05) is 0 Å². The summed E-state index contributed by atoms with van der Waals surface area (Å²) in [5.41, 5.74) is 3.36. The predicted octanol–water partition coefficient (Wildman–Crippen LogP) is 6.92. The molecule has 2 heterocycles. The molecule has 2 aromatic heterocycles. The molecule has 0 saturated carbocycles. The minimum atomic E-state index is -0.432. The zero-order valence-corrected chi connectivity index (χ0v) is 26.0. The van der Waals surface area contributed by atoms with Crippen LogP contribution in [0.1, 0.15) is 103 Å². The van der Waals surface area contributed by atoms with E-state index in [1.165, 1.54) is 28.7 Å². The van der Waals surface area contributed by atoms with Crippen molar-refractivity contribution in [1.29, 1.82) is 0 Å². The molecule has 8 nitrogen and oxygen atoms in total. The molecule has 0 fully saturated rings. The molecule has 42 heavy (non-hydrogen) atoms. The second-order valence-electron chi connectivity index (χ2n) is 11.0. The molecular weight excluding hydrogens is 572 g/mol. The van der Waals surface area contributed by atoms with Crippen LogP contribution in [0.25, 0.3) is 0 Å². The molecule has 3 aromatic rings. The second-order valence-corrected chi connectivity index (χ2v) is 13.3. The first-order valence-electron chi connectivity index (χ1n) is 14.6. The summed E-state index contributed by atoms with van der Waals surface area (Å²) in [4.78, 5) is 54.7. The summed E-state index contributed by atoms with van der Waals surface area (Å²) < 4.78 is 10.6. The van der Waals surface area contributed by atoms with E-state index in [4.69, 9.17) is 9.47 Å². The number of amides is 2. The van der Waals surface area contributed by atoms with Crippen molar-refractivity contribution in [2.75, 3.05) is 23.8 Å². The molecule has 10 heteroatoms. The summed E-state index contributed by atoms with van der Waals surface area (Å²) in [5, 5.41) is 6.79. The Morgan fingerprint density at radius 3 is 1.60 bits per heavy atom. The normalized spacial score (nSPS) is 17.5. The SMILES string of the molecule is CCOC(=O)c1c(NC(=O)c2cccc(C(=O)Nc3sc4c(c3C(=O)OCC)CCC(C)C4)c2)sc2c1CCC(C)C2. The van der Waals surface area contributed by atoms with E-state index in [2.05, 4.69) is 24.5 Å². The van der Waals surface area contributed by atoms with E-state index >= 15 is 0 Å². The number of carbonyl (C=O) groups excluding carboxylic acids is 4. The van der Waals surface area contributed by atoms with Gasteiger partial charge < -0.3 is 20.1 Å². The lowest BCUT2D eigenvalue weighted by Crippen LogP contribution is -2.18. The zero-order chi connectivity index (χ0) is 30.0. The van der Waals surface area contributed by atoms with Gasteiger partial charge in [-0.1, -0.05) is 19.9 Å². The Labute approximate surface area is 253 Å². The van der Waals surface area contributed by atoms with Gasteiger partial charge in [0.15, 0.2) is 0 Å². The summed E-state index contributed by atoms with van der Waals surface area (Å²) in [5.74, 6) is -0.695. The Balaban J connectivity index is 1.38. The highest BCUT2D eigenvalue weighted by atomic mass is 32.1. The average Bonchev–Trinajstić information content (AvgIpc) is 3.49. The van der Waals surface area contributed by atoms with Gasteiger partial charge >= 0.3 is 11.9 Å². The van der Waals surface area contributed by atoms with Crippen LogP contribution in [0.15, 0.2) is 24.3 Å². The van der Waals surface area contributed by atoms with Gasteiger partial charge in [-0.25, -0.2) is 9.59 Å². The summed E-state index contributed by atoms with van der Waals surface area (Å²) >= 11 is 2.84. The fraction of sp³-hybridized carbons (Fsp3) is 0.438. The first-order valence-corrected chi connectivity index (χ1v) is 16.2. The van der Waals surface area contributed by atoms with Gasteiger partial charge in [-0.2, -0.15) is 0 Å². The number of hydrogen-bond donors (Lipinski definition) is 2. The van der Waals surface area contributed by atoms with Crippen molar-refractivity contribution in [3.05, 3.63) is 67.4 Å². The number of nitrogens with one attached hydrogen (secondary N) is 2. The maximum Gasteiger partial charge on any atom is 0.341 e. The minimum absolute atomic E-state index is 0.245. The number of benzene rings is 1. The zero-order valence-electron chi connectivity index (χ0n) is 24.4. The number of ether oxygens (including phenoxy) is 2. The van der Waals surface area contributed by atoms with E-state index in [1.54, 1.807) is 32.0 Å². The fourth-order valence-corrected chi connectivity index (χ4v) is 8.46. The van der Waals surface area contributed by atoms with Crippen LogP contribution < -0.4 is 10.6 Å². The number of rotatable bonds is 8. The molecule has 2 atom stereocenters. The number of thiophene rings is 2. The molecule has 2 unspecified atom stereocenters. The number of carbonyl (C=O) groups is 4. The molecule has 2 N–H and O–H groups in total. The van der Waals surface area contributed by atoms with Gasteiger partial charge in [0.05, 0.1) is 24.3 Å². The first kappa shape index (κ1) is 30.0. The summed E-state index contributed by atoms with van der Waals surface area (Å²) in [7, 11) is 0. The molecule has 2 amide bonds. The highest BCUT2D eigenvalue weighted by molar-refractivity contribution is 7.17. The van der Waals surface area contributed by atoms with Gasteiger partial charge in [0.1, 0.15) is 10.0 Å². The number of anilines is 2. The Morgan fingerprint density at radius 1 is 0.762 bits per heavy atom. The van der Waals surface area contributed by atoms with Crippen LogP contribution in [0.5, 0.6) is 0 Å². The van der Waals surface area contributed by atoms with Crippen molar-refractivity contribution >= 4 is 56.4 Å². The Bertz CT molecular complexity index is 1430. The number of esters is 2. The first-order chi connectivity index (χ1) is 20.2. The number of hydrogen-bond acceptors (Lipinski definition) is 8. The van der Waals surface area contributed by atoms with Crippen LogP contribution >= 0.6 is 22.7 Å². The standard InChI is InChI=1S/C32H36N2O6S2/c1-5-39-31(37)25-21-12-10-17(3)14-23(21)41-29(25)33-27(35)19-8-7-9-20(16-19)28(36)34-30-26(32(38)40-6-2)22-13-11-18(4)15-24(22)42-30/h7-9,16-18H,5-6,10-15H2,1-4H3,(H,33,35)(H,34,36). The lowest BCUT2D eigenvalue weighted by molar-refractivity contribution is 0.0516. The van der Waals surface area contributed by atoms with E-state index < -0.39 is 23.8 Å². The van der Waals surface area contributed by atoms with Crippen LogP contribution in [-0.2, 0) is 35.2 Å². The molecule has 0 spiro atoms. The molecule has 0 radical (unpaired) electrons. The lowest BCUT2D eigenvalue weighted by atomic mass is 9.88. The minimum Gasteiger partial charge on any atom is -0.462 e. The van der Waals surface area contributed by atoms with E-state index in [0.717, 1.165) is 59.4 Å². The van der Waals surface area contributed by atoms with Gasteiger partial charge in [-0.3, -0.25) is 9.59 Å². The fourth-order valence-electron chi connectivity index (χ4n) is 5.67. The van der Waals surface area contributed by atoms with E-state index in [0.29, 0.717) is 33.0 Å². The van der Waals surface area contributed by atoms with E-state index in [-0.39, 0.29) is 24.3 Å². The summed E-state index contributed by atoms with van der Waals surface area (Å²) in [6, 6.07) is 6.41. The highest BCUT2D eigenvalue weighted by Crippen LogP contribution is 2.41. The van der Waals surface area contributed by atoms with Crippen LogP contribution in [0.2, 0.25) is 0 Å². The van der Waals surface area contributed by atoms with Crippen molar-refractivity contribution < 1.29 is 28.7 Å². The van der Waals surface area contributed by atoms with Crippen molar-refractivity contribution in [2.45, 2.75) is 66.2 Å². The van der Waals surface area contributed by atoms with Crippen molar-refractivity contribution in [2.24, 2.45) is 11.8 Å². The Hall–Kier alpha value is -3.50. The predicted molar refractivity (Wildman–Crippen MR) is 165 cm³/mol. The van der Waals surface area contributed by atoms with Gasteiger partial charge in [0, 0.05) is 20.9 Å². The Kier molecular flexibility index (Phi) is 9.13. The number of fused-ring (bicyclic) bond motifs is 2. The van der Waals surface area contributed by atoms with Gasteiger partial charge in [0.2, 0.25) is 0 Å². The third kappa shape index (κ3) is 6.15. The monoisotopic (exact) mass is 608 g/mol. The molecule has 0 aliphatic heterocycles.